The van der Waals surface area contributed by atoms with Gasteiger partial charge in [0, 0.05) is 24.7 Å². The van der Waals surface area contributed by atoms with Crippen LogP contribution < -0.4 is 10.1 Å². The molecular weight excluding hydrogens is 443 g/mol. The van der Waals surface area contributed by atoms with Crippen molar-refractivity contribution < 1.29 is 22.7 Å². The van der Waals surface area contributed by atoms with Gasteiger partial charge in [-0.05, 0) is 81.9 Å². The second-order valence-corrected chi connectivity index (χ2v) is 9.46. The molecule has 2 aliphatic rings. The number of benzene rings is 2. The van der Waals surface area contributed by atoms with E-state index < -0.39 is 17.5 Å². The van der Waals surface area contributed by atoms with E-state index in [9.17, 15) is 18.0 Å². The molecule has 0 unspecified atom stereocenters. The van der Waals surface area contributed by atoms with Crippen molar-refractivity contribution in [1.29, 1.82) is 0 Å². The van der Waals surface area contributed by atoms with Crippen molar-refractivity contribution in [3.05, 3.63) is 65.0 Å². The maximum Gasteiger partial charge on any atom is 0.317 e. The van der Waals surface area contributed by atoms with E-state index in [1.807, 2.05) is 0 Å². The summed E-state index contributed by atoms with van der Waals surface area (Å²) in [6, 6.07) is 7.73. The Hall–Kier alpha value is -2.74. The van der Waals surface area contributed by atoms with Crippen molar-refractivity contribution >= 4 is 6.03 Å². The predicted molar refractivity (Wildman–Crippen MR) is 124 cm³/mol. The summed E-state index contributed by atoms with van der Waals surface area (Å²) < 4.78 is 47.7. The third kappa shape index (κ3) is 6.44. The number of carbonyl (C=O) groups is 1. The van der Waals surface area contributed by atoms with Gasteiger partial charge in [-0.15, -0.1) is 0 Å². The average molecular weight is 476 g/mol. The number of halogens is 3. The minimum Gasteiger partial charge on any atom is -0.487 e. The molecule has 4 rings (SSSR count). The quantitative estimate of drug-likeness (QED) is 0.579. The van der Waals surface area contributed by atoms with Crippen LogP contribution in [0.2, 0.25) is 0 Å². The van der Waals surface area contributed by atoms with Gasteiger partial charge in [0.1, 0.15) is 11.6 Å². The Kier molecular flexibility index (Phi) is 7.98. The van der Waals surface area contributed by atoms with Gasteiger partial charge in [0.15, 0.2) is 11.6 Å². The van der Waals surface area contributed by atoms with E-state index in [-0.39, 0.29) is 36.5 Å². The second-order valence-electron chi connectivity index (χ2n) is 9.46. The molecule has 2 aromatic carbocycles. The third-order valence-corrected chi connectivity index (χ3v) is 6.77. The summed E-state index contributed by atoms with van der Waals surface area (Å²) in [5.74, 6) is -1.25. The lowest BCUT2D eigenvalue weighted by Crippen LogP contribution is -2.44. The zero-order valence-electron chi connectivity index (χ0n) is 19.5. The first-order valence-electron chi connectivity index (χ1n) is 12.0. The van der Waals surface area contributed by atoms with Gasteiger partial charge in [-0.25, -0.2) is 18.0 Å². The van der Waals surface area contributed by atoms with Gasteiger partial charge in [0.05, 0.1) is 12.6 Å². The number of nitrogens with one attached hydrogen (secondary N) is 1. The standard InChI is InChI=1S/C26H32F3N3O2/c1-31-11-9-18(10-12-31)16-32(17-20-6-7-21(27)14-23(20)28)26(33)30-15-19-5-8-25(24(29)13-19)34-22-3-2-4-22/h5-8,13-14,18,22H,2-4,9-12,15-17H2,1H3,(H,30,33). The molecule has 0 atom stereocenters. The SMILES string of the molecule is CN1CCC(CN(Cc2ccc(F)cc2F)C(=O)NCc2ccc(OC3CCC3)c(F)c2)CC1. The minimum atomic E-state index is -0.676. The molecule has 2 amide bonds. The molecular formula is C26H32F3N3O2. The summed E-state index contributed by atoms with van der Waals surface area (Å²) in [6.45, 7) is 2.53. The molecule has 1 aliphatic carbocycles. The molecule has 1 saturated carbocycles. The normalized spacial score (nSPS) is 17.3. The van der Waals surface area contributed by atoms with Gasteiger partial charge in [-0.2, -0.15) is 0 Å². The highest BCUT2D eigenvalue weighted by molar-refractivity contribution is 5.74. The maximum atomic E-state index is 14.4. The minimum absolute atomic E-state index is 0.0345. The van der Waals surface area contributed by atoms with E-state index in [4.69, 9.17) is 4.74 Å². The molecule has 1 aliphatic heterocycles. The number of urea groups is 1. The summed E-state index contributed by atoms with van der Waals surface area (Å²) in [5.41, 5.74) is 0.868. The third-order valence-electron chi connectivity index (χ3n) is 6.77. The van der Waals surface area contributed by atoms with E-state index >= 15 is 0 Å². The van der Waals surface area contributed by atoms with Crippen LogP contribution in [0, 0.1) is 23.4 Å². The molecule has 1 saturated heterocycles. The Morgan fingerprint density at radius 1 is 1.06 bits per heavy atom. The van der Waals surface area contributed by atoms with Gasteiger partial charge in [0.2, 0.25) is 0 Å². The number of piperidine rings is 1. The number of likely N-dealkylation sites (tertiary alicyclic amines) is 1. The smallest absolute Gasteiger partial charge is 0.317 e. The van der Waals surface area contributed by atoms with Crippen molar-refractivity contribution in [2.45, 2.75) is 51.3 Å². The number of ether oxygens (including phenoxy) is 1. The lowest BCUT2D eigenvalue weighted by Gasteiger charge is -2.33. The largest absolute Gasteiger partial charge is 0.487 e. The van der Waals surface area contributed by atoms with Gasteiger partial charge >= 0.3 is 6.03 Å². The first kappa shape index (κ1) is 24.4. The molecule has 5 nitrogen and oxygen atoms in total. The molecule has 0 bridgehead atoms. The fraction of sp³-hybridized carbons (Fsp3) is 0.500. The Morgan fingerprint density at radius 2 is 1.82 bits per heavy atom. The van der Waals surface area contributed by atoms with Crippen LogP contribution in [0.1, 0.15) is 43.2 Å². The average Bonchev–Trinajstić information content (AvgIpc) is 2.78. The Labute approximate surface area is 198 Å². The summed E-state index contributed by atoms with van der Waals surface area (Å²) in [4.78, 5) is 16.9. The lowest BCUT2D eigenvalue weighted by atomic mass is 9.96. The van der Waals surface area contributed by atoms with Crippen LogP contribution in [0.5, 0.6) is 5.75 Å². The van der Waals surface area contributed by atoms with Gasteiger partial charge in [0.25, 0.3) is 0 Å². The van der Waals surface area contributed by atoms with Crippen LogP contribution in [0.25, 0.3) is 0 Å². The van der Waals surface area contributed by atoms with E-state index in [1.165, 1.54) is 18.2 Å². The Bertz CT molecular complexity index is 991. The molecule has 2 fully saturated rings. The number of hydrogen-bond donors (Lipinski definition) is 1. The Morgan fingerprint density at radius 3 is 2.47 bits per heavy atom. The van der Waals surface area contributed by atoms with Crippen molar-refractivity contribution in [3.63, 3.8) is 0 Å². The number of rotatable bonds is 8. The fourth-order valence-corrected chi connectivity index (χ4v) is 4.34. The summed E-state index contributed by atoms with van der Waals surface area (Å²) in [5, 5.41) is 2.83. The summed E-state index contributed by atoms with van der Waals surface area (Å²) in [7, 11) is 2.07. The lowest BCUT2D eigenvalue weighted by molar-refractivity contribution is 0.115. The molecule has 1 N–H and O–H groups in total. The summed E-state index contributed by atoms with van der Waals surface area (Å²) in [6.07, 6.45) is 4.96. The predicted octanol–water partition coefficient (Wildman–Crippen LogP) is 5.09. The van der Waals surface area contributed by atoms with E-state index in [2.05, 4.69) is 17.3 Å². The van der Waals surface area contributed by atoms with Crippen molar-refractivity contribution in [2.75, 3.05) is 26.7 Å². The summed E-state index contributed by atoms with van der Waals surface area (Å²) >= 11 is 0. The van der Waals surface area contributed by atoms with Gasteiger partial charge in [-0.3, -0.25) is 0 Å². The second kappa shape index (κ2) is 11.1. The first-order valence-corrected chi connectivity index (χ1v) is 12.0. The zero-order valence-corrected chi connectivity index (χ0v) is 19.5. The maximum absolute atomic E-state index is 14.4. The van der Waals surface area contributed by atoms with Crippen molar-refractivity contribution in [1.82, 2.24) is 15.1 Å². The van der Waals surface area contributed by atoms with E-state index in [0.29, 0.717) is 18.0 Å². The number of carbonyl (C=O) groups excluding carboxylic acids is 1. The Balaban J connectivity index is 1.40. The molecule has 0 aromatic heterocycles. The zero-order chi connectivity index (χ0) is 24.1. The molecule has 2 aromatic rings. The van der Waals surface area contributed by atoms with Crippen LogP contribution in [0.3, 0.4) is 0 Å². The highest BCUT2D eigenvalue weighted by atomic mass is 19.1. The van der Waals surface area contributed by atoms with Crippen molar-refractivity contribution in [2.24, 2.45) is 5.92 Å². The number of nitrogens with zero attached hydrogens (tertiary/aromatic N) is 2. The molecule has 0 spiro atoms. The van der Waals surface area contributed by atoms with Crippen LogP contribution in [-0.2, 0) is 13.1 Å². The van der Waals surface area contributed by atoms with Crippen molar-refractivity contribution in [3.8, 4) is 5.75 Å². The van der Waals surface area contributed by atoms with Crippen LogP contribution >= 0.6 is 0 Å². The topological polar surface area (TPSA) is 44.8 Å². The molecule has 34 heavy (non-hydrogen) atoms. The molecule has 8 heteroatoms. The van der Waals surface area contributed by atoms with Gasteiger partial charge in [-0.1, -0.05) is 12.1 Å². The van der Waals surface area contributed by atoms with Crippen LogP contribution in [0.4, 0.5) is 18.0 Å². The van der Waals surface area contributed by atoms with E-state index in [1.54, 1.807) is 17.0 Å². The highest BCUT2D eigenvalue weighted by Crippen LogP contribution is 2.27. The fourth-order valence-electron chi connectivity index (χ4n) is 4.34. The number of hydrogen-bond acceptors (Lipinski definition) is 3. The van der Waals surface area contributed by atoms with Crippen LogP contribution in [-0.4, -0.2) is 48.6 Å². The number of amides is 2. The highest BCUT2D eigenvalue weighted by Gasteiger charge is 2.24. The molecule has 0 radical (unpaired) electrons. The van der Waals surface area contributed by atoms with Crippen LogP contribution in [0.15, 0.2) is 36.4 Å². The molecule has 184 valence electrons. The monoisotopic (exact) mass is 475 g/mol. The van der Waals surface area contributed by atoms with E-state index in [0.717, 1.165) is 51.3 Å². The van der Waals surface area contributed by atoms with Gasteiger partial charge < -0.3 is 19.9 Å². The first-order chi connectivity index (χ1) is 16.4. The molecule has 1 heterocycles.